The monoisotopic (exact) mass is 840 g/mol. The first kappa shape index (κ1) is 51.4. The Balaban J connectivity index is 0.000000533. The van der Waals surface area contributed by atoms with Crippen LogP contribution in [0.3, 0.4) is 0 Å². The minimum Gasteiger partial charge on any atom is -0.467 e. The molecular weight excluding hydrogens is 789 g/mol. The Morgan fingerprint density at radius 2 is 0.852 bits per heavy atom. The molecule has 324 valence electrons. The highest BCUT2D eigenvalue weighted by Crippen LogP contribution is 2.07. The van der Waals surface area contributed by atoms with Gasteiger partial charge in [0.25, 0.3) is 17.7 Å². The lowest BCUT2D eigenvalue weighted by atomic mass is 10.1. The average molecular weight is 841 g/mol. The molecular formula is C45H52N4O12. The van der Waals surface area contributed by atoms with Gasteiger partial charge in [0.15, 0.2) is 0 Å². The molecule has 3 rings (SSSR count). The van der Waals surface area contributed by atoms with Crippen LogP contribution in [0, 0.1) is 0 Å². The SMILES string of the molecule is C=C/C=C(\NC(C)=O)C(=O)OC.C=CC[C@H](NC(=O)c1ccccc1)C(=O)OC.COC(=O)[C@H](CC=CC[C@H](NC(=O)c1ccccc1)C(=O)OC)NC(=O)c1ccccc1. The molecule has 0 saturated carbocycles. The molecule has 0 aliphatic heterocycles. The summed E-state index contributed by atoms with van der Waals surface area (Å²) in [5.41, 5.74) is 1.42. The average Bonchev–Trinajstić information content (AvgIpc) is 3.29. The summed E-state index contributed by atoms with van der Waals surface area (Å²) in [6.07, 6.45) is 8.22. The van der Waals surface area contributed by atoms with E-state index in [0.29, 0.717) is 23.1 Å². The Labute approximate surface area is 355 Å². The summed E-state index contributed by atoms with van der Waals surface area (Å²) >= 11 is 0. The van der Waals surface area contributed by atoms with Crippen molar-refractivity contribution in [2.75, 3.05) is 28.4 Å². The van der Waals surface area contributed by atoms with Crippen LogP contribution < -0.4 is 21.3 Å². The quantitative estimate of drug-likeness (QED) is 0.0466. The summed E-state index contributed by atoms with van der Waals surface area (Å²) in [6.45, 7) is 8.23. The van der Waals surface area contributed by atoms with Gasteiger partial charge in [-0.1, -0.05) is 85.5 Å². The lowest BCUT2D eigenvalue weighted by Gasteiger charge is -2.16. The zero-order chi connectivity index (χ0) is 45.6. The molecule has 0 bridgehead atoms. The summed E-state index contributed by atoms with van der Waals surface area (Å²) in [4.78, 5) is 93.4. The van der Waals surface area contributed by atoms with Crippen molar-refractivity contribution in [3.8, 4) is 0 Å². The molecule has 3 atom stereocenters. The first-order chi connectivity index (χ1) is 29.3. The van der Waals surface area contributed by atoms with Crippen LogP contribution in [0.4, 0.5) is 0 Å². The maximum absolute atomic E-state index is 12.3. The number of allylic oxidation sites excluding steroid dienone is 2. The summed E-state index contributed by atoms with van der Waals surface area (Å²) < 4.78 is 18.5. The van der Waals surface area contributed by atoms with E-state index in [9.17, 15) is 38.4 Å². The topological polar surface area (TPSA) is 222 Å². The zero-order valence-electron chi connectivity index (χ0n) is 34.7. The number of methoxy groups -OCH3 is 4. The Kier molecular flexibility index (Phi) is 24.9. The maximum Gasteiger partial charge on any atom is 0.354 e. The maximum atomic E-state index is 12.3. The molecule has 3 aromatic carbocycles. The van der Waals surface area contributed by atoms with Crippen LogP contribution in [0.5, 0.6) is 0 Å². The van der Waals surface area contributed by atoms with E-state index in [4.69, 9.17) is 9.47 Å². The van der Waals surface area contributed by atoms with Gasteiger partial charge >= 0.3 is 23.9 Å². The second kappa shape index (κ2) is 29.6. The number of hydrogen-bond donors (Lipinski definition) is 4. The fraction of sp³-hybridized carbons (Fsp3) is 0.244. The van der Waals surface area contributed by atoms with E-state index in [2.05, 4.69) is 43.9 Å². The van der Waals surface area contributed by atoms with Crippen LogP contribution in [0.25, 0.3) is 0 Å². The number of amides is 4. The fourth-order valence-electron chi connectivity index (χ4n) is 4.77. The lowest BCUT2D eigenvalue weighted by molar-refractivity contribution is -0.143. The number of hydrogen-bond acceptors (Lipinski definition) is 12. The number of carbonyl (C=O) groups is 8. The summed E-state index contributed by atoms with van der Waals surface area (Å²) in [5, 5.41) is 10.2. The highest BCUT2D eigenvalue weighted by Gasteiger charge is 2.23. The van der Waals surface area contributed by atoms with E-state index in [1.54, 1.807) is 103 Å². The summed E-state index contributed by atoms with van der Waals surface area (Å²) in [7, 11) is 4.99. The van der Waals surface area contributed by atoms with Crippen LogP contribution in [-0.4, -0.2) is 94.1 Å². The van der Waals surface area contributed by atoms with Gasteiger partial charge in [0.05, 0.1) is 28.4 Å². The molecule has 0 unspecified atom stereocenters. The second-order valence-electron chi connectivity index (χ2n) is 12.2. The first-order valence-corrected chi connectivity index (χ1v) is 18.5. The predicted octanol–water partition coefficient (Wildman–Crippen LogP) is 4.17. The van der Waals surface area contributed by atoms with Crippen molar-refractivity contribution in [1.29, 1.82) is 0 Å². The van der Waals surface area contributed by atoms with Gasteiger partial charge in [-0.2, -0.15) is 0 Å². The predicted molar refractivity (Wildman–Crippen MR) is 226 cm³/mol. The number of carbonyl (C=O) groups excluding carboxylic acids is 8. The normalized spacial score (nSPS) is 11.7. The molecule has 0 aromatic heterocycles. The van der Waals surface area contributed by atoms with E-state index in [-0.39, 0.29) is 30.4 Å². The highest BCUT2D eigenvalue weighted by molar-refractivity contribution is 5.98. The van der Waals surface area contributed by atoms with Crippen molar-refractivity contribution >= 4 is 47.5 Å². The Morgan fingerprint density at radius 3 is 1.11 bits per heavy atom. The number of rotatable bonds is 18. The molecule has 4 amide bonds. The lowest BCUT2D eigenvalue weighted by Crippen LogP contribution is -2.41. The minimum atomic E-state index is -0.903. The van der Waals surface area contributed by atoms with E-state index >= 15 is 0 Å². The number of esters is 4. The molecule has 0 heterocycles. The summed E-state index contributed by atoms with van der Waals surface area (Å²) in [6, 6.07) is 23.2. The Bertz CT molecular complexity index is 1910. The molecule has 3 aromatic rings. The van der Waals surface area contributed by atoms with E-state index < -0.39 is 53.8 Å². The number of benzene rings is 3. The second-order valence-corrected chi connectivity index (χ2v) is 12.2. The molecule has 4 N–H and O–H groups in total. The Hall–Kier alpha value is -7.62. The van der Waals surface area contributed by atoms with Crippen LogP contribution in [0.15, 0.2) is 140 Å². The first-order valence-electron chi connectivity index (χ1n) is 18.5. The largest absolute Gasteiger partial charge is 0.467 e. The highest BCUT2D eigenvalue weighted by atomic mass is 16.5. The molecule has 61 heavy (non-hydrogen) atoms. The zero-order valence-corrected chi connectivity index (χ0v) is 34.7. The van der Waals surface area contributed by atoms with E-state index in [1.807, 2.05) is 6.07 Å². The van der Waals surface area contributed by atoms with Gasteiger partial charge in [-0.05, 0) is 61.7 Å². The van der Waals surface area contributed by atoms with Gasteiger partial charge in [-0.3, -0.25) is 19.2 Å². The molecule has 0 aliphatic carbocycles. The smallest absolute Gasteiger partial charge is 0.354 e. The van der Waals surface area contributed by atoms with Crippen molar-refractivity contribution in [1.82, 2.24) is 21.3 Å². The third-order valence-corrected chi connectivity index (χ3v) is 7.79. The number of ether oxygens (including phenoxy) is 4. The van der Waals surface area contributed by atoms with Crippen molar-refractivity contribution in [3.05, 3.63) is 157 Å². The molecule has 0 saturated heterocycles. The van der Waals surface area contributed by atoms with Crippen molar-refractivity contribution in [3.63, 3.8) is 0 Å². The van der Waals surface area contributed by atoms with Crippen LogP contribution in [0.2, 0.25) is 0 Å². The number of nitrogens with one attached hydrogen (secondary N) is 4. The van der Waals surface area contributed by atoms with Crippen LogP contribution in [0.1, 0.15) is 57.3 Å². The molecule has 0 aliphatic rings. The van der Waals surface area contributed by atoms with Gasteiger partial charge in [0.1, 0.15) is 23.8 Å². The molecule has 0 spiro atoms. The standard InChI is InChI=1S/C24H26N2O6.C13H15NO3.C8H11NO3/c1-31-23(29)19(25-21(27)17-11-5-3-6-12-17)15-9-10-16-20(24(30)32-2)26-22(28)18-13-7-4-8-14-18;1-3-7-11(13(16)17-2)14-12(15)10-8-5-4-6-9-10;1-4-5-7(8(11)12-3)9-6(2)10/h3-14,19-20H,15-16H2,1-2H3,(H,25,27)(H,26,28);3-6,8-9,11H,1,7H2,2H3,(H,14,15);4-5H,1H2,2-3H3,(H,9,10)/b;;7-5-/t19-,20-;11-;/m00./s1. The van der Waals surface area contributed by atoms with Gasteiger partial charge in [-0.25, -0.2) is 19.2 Å². The van der Waals surface area contributed by atoms with E-state index in [0.717, 1.165) is 0 Å². The third-order valence-electron chi connectivity index (χ3n) is 7.79. The molecule has 0 radical (unpaired) electrons. The fourth-order valence-corrected chi connectivity index (χ4v) is 4.77. The van der Waals surface area contributed by atoms with Gasteiger partial charge < -0.3 is 40.2 Å². The van der Waals surface area contributed by atoms with Crippen molar-refractivity contribution in [2.24, 2.45) is 0 Å². The molecule has 16 heteroatoms. The van der Waals surface area contributed by atoms with Gasteiger partial charge in [0.2, 0.25) is 5.91 Å². The third kappa shape index (κ3) is 20.1. The van der Waals surface area contributed by atoms with Crippen LogP contribution in [-0.2, 0) is 42.9 Å². The van der Waals surface area contributed by atoms with Crippen molar-refractivity contribution < 1.29 is 57.3 Å². The minimum absolute atomic E-state index is 0.0833. The van der Waals surface area contributed by atoms with E-state index in [1.165, 1.54) is 47.5 Å². The van der Waals surface area contributed by atoms with Crippen LogP contribution >= 0.6 is 0 Å². The molecule has 16 nitrogen and oxygen atoms in total. The van der Waals surface area contributed by atoms with Gasteiger partial charge in [0, 0.05) is 23.6 Å². The summed E-state index contributed by atoms with van der Waals surface area (Å²) in [5.74, 6) is -3.70. The van der Waals surface area contributed by atoms with Gasteiger partial charge in [-0.15, -0.1) is 6.58 Å². The van der Waals surface area contributed by atoms with Crippen molar-refractivity contribution in [2.45, 2.75) is 44.3 Å². The molecule has 0 fully saturated rings. The Morgan fingerprint density at radius 1 is 0.525 bits per heavy atom.